The van der Waals surface area contributed by atoms with Crippen LogP contribution in [0.4, 0.5) is 5.69 Å². The van der Waals surface area contributed by atoms with Crippen LogP contribution in [0.3, 0.4) is 0 Å². The molecule has 1 fully saturated rings. The van der Waals surface area contributed by atoms with Crippen LogP contribution in [-0.2, 0) is 14.3 Å². The van der Waals surface area contributed by atoms with Gasteiger partial charge in [-0.1, -0.05) is 0 Å². The predicted molar refractivity (Wildman–Crippen MR) is 129 cm³/mol. The zero-order valence-corrected chi connectivity index (χ0v) is 19.9. The summed E-state index contributed by atoms with van der Waals surface area (Å²) in [5.41, 5.74) is 3.47. The van der Waals surface area contributed by atoms with Crippen molar-refractivity contribution in [2.24, 2.45) is 0 Å². The molecule has 1 aromatic heterocycles. The lowest BCUT2D eigenvalue weighted by atomic mass is 10.1. The molecule has 3 aromatic rings. The Hall–Kier alpha value is -4.40. The smallest absolute Gasteiger partial charge is 0.338 e. The molecule has 3 heterocycles. The second kappa shape index (κ2) is 9.33. The monoisotopic (exact) mass is 488 g/mol. The number of nitrogens with zero attached hydrogens (tertiary/aromatic N) is 2. The van der Waals surface area contributed by atoms with E-state index in [-0.39, 0.29) is 36.0 Å². The molecule has 0 N–H and O–H groups in total. The second-order valence-corrected chi connectivity index (χ2v) is 8.62. The largest absolute Gasteiger partial charge is 0.486 e. The van der Waals surface area contributed by atoms with Gasteiger partial charge in [-0.2, -0.15) is 0 Å². The SMILES string of the molecule is Cc1cc(C(=O)COC(=O)c2ccc(N3C(=O)CCC3=O)cc2)c(C)n1-c1ccc2c(c1)OCCO2. The molecular formula is C27H24N2O7. The minimum Gasteiger partial charge on any atom is -0.486 e. The molecule has 2 amide bonds. The van der Waals surface area contributed by atoms with Gasteiger partial charge in [0.15, 0.2) is 18.1 Å². The topological polar surface area (TPSA) is 104 Å². The first-order valence-corrected chi connectivity index (χ1v) is 11.6. The summed E-state index contributed by atoms with van der Waals surface area (Å²) >= 11 is 0. The van der Waals surface area contributed by atoms with E-state index in [0.717, 1.165) is 22.0 Å². The van der Waals surface area contributed by atoms with Crippen LogP contribution in [0.1, 0.15) is 44.9 Å². The number of hydrogen-bond acceptors (Lipinski definition) is 7. The fraction of sp³-hybridized carbons (Fsp3) is 0.259. The van der Waals surface area contributed by atoms with Crippen molar-refractivity contribution in [3.63, 3.8) is 0 Å². The van der Waals surface area contributed by atoms with Crippen molar-refractivity contribution in [3.8, 4) is 17.2 Å². The lowest BCUT2D eigenvalue weighted by molar-refractivity contribution is -0.121. The number of ketones is 1. The number of benzene rings is 2. The van der Waals surface area contributed by atoms with Crippen molar-refractivity contribution >= 4 is 29.3 Å². The molecule has 2 aliphatic heterocycles. The summed E-state index contributed by atoms with van der Waals surface area (Å²) in [6, 6.07) is 13.3. The van der Waals surface area contributed by atoms with Gasteiger partial charge >= 0.3 is 5.97 Å². The number of ether oxygens (including phenoxy) is 3. The van der Waals surface area contributed by atoms with E-state index in [1.807, 2.05) is 36.6 Å². The zero-order valence-electron chi connectivity index (χ0n) is 19.9. The van der Waals surface area contributed by atoms with Crippen molar-refractivity contribution in [2.75, 3.05) is 24.7 Å². The number of esters is 1. The minimum atomic E-state index is -0.672. The first-order valence-electron chi connectivity index (χ1n) is 11.6. The van der Waals surface area contributed by atoms with Gasteiger partial charge in [-0.3, -0.25) is 19.3 Å². The number of aryl methyl sites for hydroxylation is 1. The van der Waals surface area contributed by atoms with Crippen LogP contribution < -0.4 is 14.4 Å². The lowest BCUT2D eigenvalue weighted by Crippen LogP contribution is -2.28. The highest BCUT2D eigenvalue weighted by Gasteiger charge is 2.30. The van der Waals surface area contributed by atoms with Gasteiger partial charge < -0.3 is 18.8 Å². The number of carbonyl (C=O) groups excluding carboxylic acids is 4. The Balaban J connectivity index is 1.27. The van der Waals surface area contributed by atoms with Crippen LogP contribution in [0.5, 0.6) is 11.5 Å². The number of rotatable bonds is 6. The Morgan fingerprint density at radius 2 is 1.50 bits per heavy atom. The van der Waals surface area contributed by atoms with Crippen molar-refractivity contribution < 1.29 is 33.4 Å². The summed E-state index contributed by atoms with van der Waals surface area (Å²) in [5, 5.41) is 0. The van der Waals surface area contributed by atoms with Crippen LogP contribution in [0.15, 0.2) is 48.5 Å². The van der Waals surface area contributed by atoms with Gasteiger partial charge in [-0.05, 0) is 56.3 Å². The van der Waals surface area contributed by atoms with Crippen LogP contribution >= 0.6 is 0 Å². The van der Waals surface area contributed by atoms with Gasteiger partial charge in [0.1, 0.15) is 13.2 Å². The fourth-order valence-electron chi connectivity index (χ4n) is 4.52. The van der Waals surface area contributed by atoms with Crippen molar-refractivity contribution in [3.05, 3.63) is 71.0 Å². The minimum absolute atomic E-state index is 0.181. The number of aromatic nitrogens is 1. The standard InChI is InChI=1S/C27H24N2O7/c1-16-13-21(17(2)28(16)20-7-8-23-24(14-20)35-12-11-34-23)22(30)15-36-27(33)18-3-5-19(6-4-18)29-25(31)9-10-26(29)32/h3-8,13-14H,9-12,15H2,1-2H3. The molecule has 2 aromatic carbocycles. The molecule has 0 aliphatic carbocycles. The molecule has 5 rings (SSSR count). The third-order valence-corrected chi connectivity index (χ3v) is 6.26. The summed E-state index contributed by atoms with van der Waals surface area (Å²) in [6.45, 7) is 4.29. The average molecular weight is 488 g/mol. The number of carbonyl (C=O) groups is 4. The number of amides is 2. The van der Waals surface area contributed by atoms with E-state index in [4.69, 9.17) is 14.2 Å². The Kier molecular flexibility index (Phi) is 6.05. The normalized spacial score (nSPS) is 14.8. The van der Waals surface area contributed by atoms with Gasteiger partial charge in [0.05, 0.1) is 11.3 Å². The molecule has 184 valence electrons. The lowest BCUT2D eigenvalue weighted by Gasteiger charge is -2.20. The molecule has 36 heavy (non-hydrogen) atoms. The van der Waals surface area contributed by atoms with E-state index in [1.165, 1.54) is 24.3 Å². The van der Waals surface area contributed by atoms with E-state index < -0.39 is 12.6 Å². The highest BCUT2D eigenvalue weighted by Crippen LogP contribution is 2.33. The maximum absolute atomic E-state index is 12.9. The molecule has 0 unspecified atom stereocenters. The molecule has 9 heteroatoms. The fourth-order valence-corrected chi connectivity index (χ4v) is 4.52. The second-order valence-electron chi connectivity index (χ2n) is 8.62. The number of imide groups is 1. The van der Waals surface area contributed by atoms with Crippen LogP contribution in [-0.4, -0.2) is 48.0 Å². The first-order chi connectivity index (χ1) is 17.3. The van der Waals surface area contributed by atoms with Crippen molar-refractivity contribution in [1.82, 2.24) is 4.57 Å². The van der Waals surface area contributed by atoms with Gasteiger partial charge in [0, 0.05) is 41.5 Å². The van der Waals surface area contributed by atoms with Gasteiger partial charge in [-0.15, -0.1) is 0 Å². The van der Waals surface area contributed by atoms with Crippen LogP contribution in [0.2, 0.25) is 0 Å². The summed E-state index contributed by atoms with van der Waals surface area (Å²) in [7, 11) is 0. The number of anilines is 1. The molecule has 0 radical (unpaired) electrons. The average Bonchev–Trinajstić information content (AvgIpc) is 3.38. The van der Waals surface area contributed by atoms with E-state index >= 15 is 0 Å². The van der Waals surface area contributed by atoms with E-state index in [9.17, 15) is 19.2 Å². The maximum Gasteiger partial charge on any atom is 0.338 e. The Labute approximate surface area is 207 Å². The highest BCUT2D eigenvalue weighted by molar-refractivity contribution is 6.19. The summed E-state index contributed by atoms with van der Waals surface area (Å²) < 4.78 is 18.4. The predicted octanol–water partition coefficient (Wildman–Crippen LogP) is 3.56. The Bertz CT molecular complexity index is 1370. The molecule has 0 bridgehead atoms. The highest BCUT2D eigenvalue weighted by atomic mass is 16.6. The van der Waals surface area contributed by atoms with Gasteiger partial charge in [-0.25, -0.2) is 4.79 Å². The van der Waals surface area contributed by atoms with E-state index in [0.29, 0.717) is 36.0 Å². The van der Waals surface area contributed by atoms with E-state index in [2.05, 4.69) is 0 Å². The third kappa shape index (κ3) is 4.24. The van der Waals surface area contributed by atoms with Crippen LogP contribution in [0, 0.1) is 13.8 Å². The summed E-state index contributed by atoms with van der Waals surface area (Å²) in [4.78, 5) is 50.3. The summed E-state index contributed by atoms with van der Waals surface area (Å²) in [6.07, 6.45) is 0.361. The van der Waals surface area contributed by atoms with Gasteiger partial charge in [0.2, 0.25) is 17.6 Å². The number of hydrogen-bond donors (Lipinski definition) is 0. The zero-order chi connectivity index (χ0) is 25.4. The molecule has 0 saturated carbocycles. The summed E-state index contributed by atoms with van der Waals surface area (Å²) in [5.74, 6) is -0.204. The quantitative estimate of drug-likeness (QED) is 0.297. The molecule has 9 nitrogen and oxygen atoms in total. The maximum atomic E-state index is 12.9. The first kappa shape index (κ1) is 23.3. The molecule has 1 saturated heterocycles. The third-order valence-electron chi connectivity index (χ3n) is 6.26. The molecule has 0 atom stereocenters. The Morgan fingerprint density at radius 3 is 2.19 bits per heavy atom. The van der Waals surface area contributed by atoms with Crippen molar-refractivity contribution in [1.29, 1.82) is 0 Å². The number of fused-ring (bicyclic) bond motifs is 1. The van der Waals surface area contributed by atoms with Crippen LogP contribution in [0.25, 0.3) is 5.69 Å². The number of Topliss-reactive ketones (excluding diaryl/α,β-unsaturated/α-hetero) is 1. The Morgan fingerprint density at radius 1 is 0.861 bits per heavy atom. The molecule has 2 aliphatic rings. The molecule has 0 spiro atoms. The molecular weight excluding hydrogens is 464 g/mol. The van der Waals surface area contributed by atoms with Gasteiger partial charge in [0.25, 0.3) is 0 Å². The van der Waals surface area contributed by atoms with E-state index in [1.54, 1.807) is 6.07 Å². The van der Waals surface area contributed by atoms with Crippen molar-refractivity contribution in [2.45, 2.75) is 26.7 Å².